The molecule has 0 bridgehead atoms. The molecule has 0 saturated carbocycles. The van der Waals surface area contributed by atoms with Crippen LogP contribution in [0.1, 0.15) is 35.9 Å². The van der Waals surface area contributed by atoms with Gasteiger partial charge < -0.3 is 5.32 Å². The van der Waals surface area contributed by atoms with Crippen molar-refractivity contribution in [3.05, 3.63) is 63.0 Å². The summed E-state index contributed by atoms with van der Waals surface area (Å²) in [4.78, 5) is 26.0. The van der Waals surface area contributed by atoms with E-state index < -0.39 is 0 Å². The number of nitrogens with one attached hydrogen (secondary N) is 1. The summed E-state index contributed by atoms with van der Waals surface area (Å²) in [5, 5.41) is 7.56. The summed E-state index contributed by atoms with van der Waals surface area (Å²) in [6.45, 7) is 6.21. The van der Waals surface area contributed by atoms with Crippen LogP contribution < -0.4 is 10.9 Å². The number of hydrogen-bond donors (Lipinski definition) is 1. The van der Waals surface area contributed by atoms with E-state index in [-0.39, 0.29) is 23.2 Å². The molecule has 0 spiro atoms. The summed E-state index contributed by atoms with van der Waals surface area (Å²) in [6.07, 6.45) is 0. The SMILES string of the molecule is CCN(CC)[C@H](CNC(=O)c1ccc(=O)n(C)n1)c1ccccc1Cl. The number of benzene rings is 1. The third-order valence-corrected chi connectivity index (χ3v) is 4.51. The minimum absolute atomic E-state index is 0.0415. The topological polar surface area (TPSA) is 67.2 Å². The van der Waals surface area contributed by atoms with E-state index in [0.717, 1.165) is 23.3 Å². The Balaban J connectivity index is 2.19. The Morgan fingerprint density at radius 3 is 2.52 bits per heavy atom. The molecule has 1 aromatic carbocycles. The van der Waals surface area contributed by atoms with Gasteiger partial charge in [-0.2, -0.15) is 5.10 Å². The van der Waals surface area contributed by atoms with Gasteiger partial charge in [-0.3, -0.25) is 14.5 Å². The highest BCUT2D eigenvalue weighted by Crippen LogP contribution is 2.26. The van der Waals surface area contributed by atoms with E-state index in [0.29, 0.717) is 11.6 Å². The lowest BCUT2D eigenvalue weighted by atomic mass is 10.0. The molecule has 1 aromatic heterocycles. The zero-order chi connectivity index (χ0) is 18.4. The summed E-state index contributed by atoms with van der Waals surface area (Å²) >= 11 is 6.36. The van der Waals surface area contributed by atoms with Crippen LogP contribution in [0.5, 0.6) is 0 Å². The lowest BCUT2D eigenvalue weighted by Crippen LogP contribution is -2.38. The molecule has 0 saturated heterocycles. The first-order valence-corrected chi connectivity index (χ1v) is 8.66. The molecule has 134 valence electrons. The Morgan fingerprint density at radius 1 is 1.24 bits per heavy atom. The van der Waals surface area contributed by atoms with Gasteiger partial charge in [0.05, 0.1) is 6.04 Å². The summed E-state index contributed by atoms with van der Waals surface area (Å²) in [5.74, 6) is -0.320. The van der Waals surface area contributed by atoms with Crippen LogP contribution in [0.2, 0.25) is 5.02 Å². The number of rotatable bonds is 7. The molecule has 1 amide bonds. The number of hydrogen-bond acceptors (Lipinski definition) is 4. The summed E-state index contributed by atoms with van der Waals surface area (Å²) in [6, 6.07) is 10.4. The molecule has 0 fully saturated rings. The van der Waals surface area contributed by atoms with Gasteiger partial charge in [-0.05, 0) is 30.8 Å². The van der Waals surface area contributed by atoms with Gasteiger partial charge in [-0.25, -0.2) is 4.68 Å². The molecule has 0 aliphatic rings. The minimum atomic E-state index is -0.320. The number of carbonyl (C=O) groups is 1. The highest BCUT2D eigenvalue weighted by Gasteiger charge is 2.21. The number of likely N-dealkylation sites (N-methyl/N-ethyl adjacent to an activating group) is 1. The van der Waals surface area contributed by atoms with Gasteiger partial charge in [0, 0.05) is 24.7 Å². The molecule has 0 aliphatic heterocycles. The van der Waals surface area contributed by atoms with Gasteiger partial charge in [0.25, 0.3) is 11.5 Å². The van der Waals surface area contributed by atoms with E-state index >= 15 is 0 Å². The third kappa shape index (κ3) is 4.67. The molecule has 1 atom stereocenters. The highest BCUT2D eigenvalue weighted by atomic mass is 35.5. The quantitative estimate of drug-likeness (QED) is 0.820. The fourth-order valence-electron chi connectivity index (χ4n) is 2.75. The van der Waals surface area contributed by atoms with Crippen LogP contribution in [0.3, 0.4) is 0 Å². The van der Waals surface area contributed by atoms with E-state index in [9.17, 15) is 9.59 Å². The monoisotopic (exact) mass is 362 g/mol. The fourth-order valence-corrected chi connectivity index (χ4v) is 3.01. The van der Waals surface area contributed by atoms with Crippen LogP contribution in [0.25, 0.3) is 0 Å². The van der Waals surface area contributed by atoms with Crippen LogP contribution >= 0.6 is 11.6 Å². The first-order chi connectivity index (χ1) is 12.0. The molecule has 1 heterocycles. The lowest BCUT2D eigenvalue weighted by molar-refractivity contribution is 0.0927. The zero-order valence-electron chi connectivity index (χ0n) is 14.7. The maximum atomic E-state index is 12.4. The van der Waals surface area contributed by atoms with Crippen molar-refractivity contribution in [3.63, 3.8) is 0 Å². The molecule has 2 aromatic rings. The predicted octanol–water partition coefficient (Wildman–Crippen LogP) is 2.25. The van der Waals surface area contributed by atoms with Gasteiger partial charge in [-0.1, -0.05) is 43.6 Å². The molecule has 25 heavy (non-hydrogen) atoms. The second-order valence-electron chi connectivity index (χ2n) is 5.65. The highest BCUT2D eigenvalue weighted by molar-refractivity contribution is 6.31. The fraction of sp³-hybridized carbons (Fsp3) is 0.389. The van der Waals surface area contributed by atoms with Crippen LogP contribution in [-0.4, -0.2) is 40.2 Å². The second-order valence-corrected chi connectivity index (χ2v) is 6.06. The van der Waals surface area contributed by atoms with E-state index in [2.05, 4.69) is 29.2 Å². The number of carbonyl (C=O) groups excluding carboxylic acids is 1. The standard InChI is InChI=1S/C18H23ClN4O2/c1-4-23(5-2)16(13-8-6-7-9-14(13)19)12-20-18(25)15-10-11-17(24)22(3)21-15/h6-11,16H,4-5,12H2,1-3H3,(H,20,25)/t16-/m1/s1. The summed E-state index contributed by atoms with van der Waals surface area (Å²) in [5.41, 5.74) is 0.926. The van der Waals surface area contributed by atoms with Gasteiger partial charge in [-0.15, -0.1) is 0 Å². The first kappa shape index (κ1) is 19.1. The van der Waals surface area contributed by atoms with Crippen molar-refractivity contribution < 1.29 is 4.79 Å². The Hall–Kier alpha value is -2.18. The maximum Gasteiger partial charge on any atom is 0.271 e. The van der Waals surface area contributed by atoms with Crippen molar-refractivity contribution in [3.8, 4) is 0 Å². The summed E-state index contributed by atoms with van der Waals surface area (Å²) in [7, 11) is 1.52. The number of aryl methyl sites for hydroxylation is 1. The van der Waals surface area contributed by atoms with E-state index in [1.54, 1.807) is 0 Å². The van der Waals surface area contributed by atoms with Crippen LogP contribution in [0.4, 0.5) is 0 Å². The van der Waals surface area contributed by atoms with Crippen LogP contribution in [-0.2, 0) is 7.05 Å². The van der Waals surface area contributed by atoms with Gasteiger partial charge in [0.15, 0.2) is 0 Å². The molecular weight excluding hydrogens is 340 g/mol. The Labute approximate surface area is 152 Å². The minimum Gasteiger partial charge on any atom is -0.349 e. The molecule has 2 rings (SSSR count). The van der Waals surface area contributed by atoms with Crippen molar-refractivity contribution >= 4 is 17.5 Å². The normalized spacial score (nSPS) is 12.2. The second kappa shape index (κ2) is 8.78. The average molecular weight is 363 g/mol. The first-order valence-electron chi connectivity index (χ1n) is 8.29. The number of amides is 1. The molecular formula is C18H23ClN4O2. The molecule has 6 nitrogen and oxygen atoms in total. The van der Waals surface area contributed by atoms with Crippen molar-refractivity contribution in [1.82, 2.24) is 20.0 Å². The summed E-state index contributed by atoms with van der Waals surface area (Å²) < 4.78 is 1.14. The van der Waals surface area contributed by atoms with Crippen LogP contribution in [0.15, 0.2) is 41.2 Å². The van der Waals surface area contributed by atoms with E-state index in [1.807, 2.05) is 24.3 Å². The number of halogens is 1. The van der Waals surface area contributed by atoms with E-state index in [4.69, 9.17) is 11.6 Å². The Morgan fingerprint density at radius 2 is 1.92 bits per heavy atom. The molecule has 0 radical (unpaired) electrons. The Kier molecular flexibility index (Phi) is 6.73. The van der Waals surface area contributed by atoms with Crippen molar-refractivity contribution in [1.29, 1.82) is 0 Å². The van der Waals surface area contributed by atoms with Gasteiger partial charge in [0.2, 0.25) is 0 Å². The van der Waals surface area contributed by atoms with Gasteiger partial charge >= 0.3 is 0 Å². The Bertz CT molecular complexity index is 787. The average Bonchev–Trinajstić information content (AvgIpc) is 2.61. The predicted molar refractivity (Wildman–Crippen MR) is 98.9 cm³/mol. The number of nitrogens with zero attached hydrogens (tertiary/aromatic N) is 3. The van der Waals surface area contributed by atoms with Crippen molar-refractivity contribution in [2.24, 2.45) is 7.05 Å². The van der Waals surface area contributed by atoms with Crippen LogP contribution in [0, 0.1) is 0 Å². The van der Waals surface area contributed by atoms with Crippen molar-refractivity contribution in [2.75, 3.05) is 19.6 Å². The van der Waals surface area contributed by atoms with Gasteiger partial charge in [0.1, 0.15) is 5.69 Å². The largest absolute Gasteiger partial charge is 0.349 e. The number of aromatic nitrogens is 2. The zero-order valence-corrected chi connectivity index (χ0v) is 15.5. The molecule has 1 N–H and O–H groups in total. The molecule has 7 heteroatoms. The maximum absolute atomic E-state index is 12.4. The lowest BCUT2D eigenvalue weighted by Gasteiger charge is -2.30. The third-order valence-electron chi connectivity index (χ3n) is 4.17. The van der Waals surface area contributed by atoms with E-state index in [1.165, 1.54) is 19.2 Å². The molecule has 0 aliphatic carbocycles. The smallest absolute Gasteiger partial charge is 0.271 e. The van der Waals surface area contributed by atoms with Crippen molar-refractivity contribution in [2.45, 2.75) is 19.9 Å². The molecule has 0 unspecified atom stereocenters.